The number of carboxylic acid groups (broad SMARTS) is 1. The van der Waals surface area contributed by atoms with Crippen molar-refractivity contribution in [1.29, 1.82) is 0 Å². The number of aromatic carboxylic acids is 1. The van der Waals surface area contributed by atoms with Gasteiger partial charge in [-0.3, -0.25) is 0 Å². The Labute approximate surface area is 135 Å². The van der Waals surface area contributed by atoms with Crippen molar-refractivity contribution in [2.24, 2.45) is 0 Å². The van der Waals surface area contributed by atoms with Crippen LogP contribution in [0.1, 0.15) is 21.8 Å². The van der Waals surface area contributed by atoms with Gasteiger partial charge in [-0.1, -0.05) is 17.3 Å². The molecular formula is C16H12FN3O4. The molecule has 0 saturated heterocycles. The van der Waals surface area contributed by atoms with E-state index in [0.29, 0.717) is 22.6 Å². The number of hydrogen-bond donors (Lipinski definition) is 1. The molecule has 1 N–H and O–H groups in total. The Morgan fingerprint density at radius 1 is 1.29 bits per heavy atom. The number of nitrogens with zero attached hydrogens (tertiary/aromatic N) is 3. The zero-order chi connectivity index (χ0) is 17.1. The number of rotatable bonds is 5. The summed E-state index contributed by atoms with van der Waals surface area (Å²) in [7, 11) is 0. The summed E-state index contributed by atoms with van der Waals surface area (Å²) in [6, 6.07) is 8.68. The van der Waals surface area contributed by atoms with Crippen LogP contribution in [0.4, 0.5) is 4.39 Å². The molecule has 1 aromatic carbocycles. The van der Waals surface area contributed by atoms with E-state index in [1.807, 2.05) is 0 Å². The third-order valence-corrected chi connectivity index (χ3v) is 3.31. The number of aromatic nitrogens is 3. The Morgan fingerprint density at radius 2 is 2.12 bits per heavy atom. The van der Waals surface area contributed by atoms with Gasteiger partial charge in [0, 0.05) is 11.6 Å². The average molecular weight is 329 g/mol. The maximum absolute atomic E-state index is 13.4. The third-order valence-electron chi connectivity index (χ3n) is 3.31. The zero-order valence-corrected chi connectivity index (χ0v) is 12.6. The van der Waals surface area contributed by atoms with Gasteiger partial charge in [0.15, 0.2) is 5.69 Å². The highest BCUT2D eigenvalue weighted by Crippen LogP contribution is 2.26. The molecule has 0 saturated carbocycles. The minimum absolute atomic E-state index is 0.0717. The van der Waals surface area contributed by atoms with E-state index in [0.717, 1.165) is 0 Å². The standard InChI is InChI=1S/C16H12FN3O4/c1-9-12(8-23-14-6-5-13(16(21)22)18-19-14)15(20-24-9)10-3-2-4-11(17)7-10/h2-7H,8H2,1H3,(H,21,22). The smallest absolute Gasteiger partial charge is 0.356 e. The molecule has 0 unspecified atom stereocenters. The highest BCUT2D eigenvalue weighted by Gasteiger charge is 2.16. The molecule has 122 valence electrons. The fourth-order valence-electron chi connectivity index (χ4n) is 2.08. The summed E-state index contributed by atoms with van der Waals surface area (Å²) in [5, 5.41) is 19.9. The predicted molar refractivity (Wildman–Crippen MR) is 80.0 cm³/mol. The van der Waals surface area contributed by atoms with Crippen LogP contribution in [-0.2, 0) is 6.61 Å². The van der Waals surface area contributed by atoms with Gasteiger partial charge in [-0.15, -0.1) is 10.2 Å². The van der Waals surface area contributed by atoms with Crippen molar-refractivity contribution in [3.63, 3.8) is 0 Å². The molecule has 0 bridgehead atoms. The quantitative estimate of drug-likeness (QED) is 0.768. The molecule has 0 fully saturated rings. The van der Waals surface area contributed by atoms with Crippen LogP contribution >= 0.6 is 0 Å². The molecular weight excluding hydrogens is 317 g/mol. The van der Waals surface area contributed by atoms with Gasteiger partial charge >= 0.3 is 5.97 Å². The molecule has 0 amide bonds. The first-order valence-electron chi connectivity index (χ1n) is 6.95. The predicted octanol–water partition coefficient (Wildman–Crippen LogP) is 2.86. The number of benzene rings is 1. The normalized spacial score (nSPS) is 10.6. The van der Waals surface area contributed by atoms with E-state index in [2.05, 4.69) is 15.4 Å². The van der Waals surface area contributed by atoms with Gasteiger partial charge in [-0.2, -0.15) is 0 Å². The topological polar surface area (TPSA) is 98.3 Å². The van der Waals surface area contributed by atoms with Crippen LogP contribution in [0.5, 0.6) is 5.88 Å². The summed E-state index contributed by atoms with van der Waals surface area (Å²) in [5.41, 5.74) is 1.51. The SMILES string of the molecule is Cc1onc(-c2cccc(F)c2)c1COc1ccc(C(=O)O)nn1. The van der Waals surface area contributed by atoms with Crippen molar-refractivity contribution in [3.8, 4) is 17.1 Å². The molecule has 0 radical (unpaired) electrons. The van der Waals surface area contributed by atoms with Gasteiger partial charge in [0.1, 0.15) is 23.9 Å². The van der Waals surface area contributed by atoms with Gasteiger partial charge in [0.25, 0.3) is 0 Å². The van der Waals surface area contributed by atoms with Gasteiger partial charge in [0.05, 0.1) is 5.56 Å². The lowest BCUT2D eigenvalue weighted by molar-refractivity contribution is 0.0689. The van der Waals surface area contributed by atoms with E-state index in [1.54, 1.807) is 19.1 Å². The van der Waals surface area contributed by atoms with Crippen molar-refractivity contribution < 1.29 is 23.6 Å². The second-order valence-corrected chi connectivity index (χ2v) is 4.93. The molecule has 7 nitrogen and oxygen atoms in total. The lowest BCUT2D eigenvalue weighted by Gasteiger charge is -2.05. The Bertz CT molecular complexity index is 877. The summed E-state index contributed by atoms with van der Waals surface area (Å²) in [6.07, 6.45) is 0. The second-order valence-electron chi connectivity index (χ2n) is 4.93. The van der Waals surface area contributed by atoms with Crippen LogP contribution in [0.2, 0.25) is 0 Å². The van der Waals surface area contributed by atoms with Crippen molar-refractivity contribution >= 4 is 5.97 Å². The number of aryl methyl sites for hydroxylation is 1. The Kier molecular flexibility index (Phi) is 4.19. The van der Waals surface area contributed by atoms with Gasteiger partial charge in [-0.05, 0) is 25.1 Å². The Morgan fingerprint density at radius 3 is 2.79 bits per heavy atom. The van der Waals surface area contributed by atoms with Gasteiger partial charge in [-0.25, -0.2) is 9.18 Å². The molecule has 0 aliphatic rings. The highest BCUT2D eigenvalue weighted by molar-refractivity contribution is 5.84. The number of carbonyl (C=O) groups is 1. The summed E-state index contributed by atoms with van der Waals surface area (Å²) in [5.74, 6) is -0.859. The van der Waals surface area contributed by atoms with Crippen molar-refractivity contribution in [2.45, 2.75) is 13.5 Å². The van der Waals surface area contributed by atoms with Crippen LogP contribution in [-0.4, -0.2) is 26.4 Å². The van der Waals surface area contributed by atoms with E-state index in [9.17, 15) is 9.18 Å². The van der Waals surface area contributed by atoms with Crippen molar-refractivity contribution in [2.75, 3.05) is 0 Å². The molecule has 24 heavy (non-hydrogen) atoms. The lowest BCUT2D eigenvalue weighted by atomic mass is 10.1. The molecule has 0 aliphatic heterocycles. The minimum atomic E-state index is -1.17. The highest BCUT2D eigenvalue weighted by atomic mass is 19.1. The Hall–Kier alpha value is -3.29. The summed E-state index contributed by atoms with van der Waals surface area (Å²) < 4.78 is 24.1. The molecule has 8 heteroatoms. The first-order valence-corrected chi connectivity index (χ1v) is 6.95. The zero-order valence-electron chi connectivity index (χ0n) is 12.6. The largest absolute Gasteiger partial charge is 0.476 e. The van der Waals surface area contributed by atoms with E-state index in [4.69, 9.17) is 14.4 Å². The monoisotopic (exact) mass is 329 g/mol. The maximum atomic E-state index is 13.4. The molecule has 0 aliphatic carbocycles. The minimum Gasteiger partial charge on any atom is -0.476 e. The van der Waals surface area contributed by atoms with Gasteiger partial charge < -0.3 is 14.4 Å². The number of halogens is 1. The maximum Gasteiger partial charge on any atom is 0.356 e. The van der Waals surface area contributed by atoms with E-state index >= 15 is 0 Å². The van der Waals surface area contributed by atoms with E-state index in [1.165, 1.54) is 24.3 Å². The Balaban J connectivity index is 1.80. The third kappa shape index (κ3) is 3.22. The van der Waals surface area contributed by atoms with Crippen LogP contribution in [0.15, 0.2) is 40.9 Å². The number of hydrogen-bond acceptors (Lipinski definition) is 6. The lowest BCUT2D eigenvalue weighted by Crippen LogP contribution is -2.04. The average Bonchev–Trinajstić information content (AvgIpc) is 2.94. The fraction of sp³-hybridized carbons (Fsp3) is 0.125. The summed E-state index contributed by atoms with van der Waals surface area (Å²) >= 11 is 0. The molecule has 3 aromatic rings. The number of ether oxygens (including phenoxy) is 1. The molecule has 2 aromatic heterocycles. The van der Waals surface area contributed by atoms with E-state index < -0.39 is 5.97 Å². The van der Waals surface area contributed by atoms with Crippen LogP contribution in [0.25, 0.3) is 11.3 Å². The van der Waals surface area contributed by atoms with Crippen LogP contribution < -0.4 is 4.74 Å². The van der Waals surface area contributed by atoms with Crippen LogP contribution in [0, 0.1) is 12.7 Å². The molecule has 0 atom stereocenters. The summed E-state index contributed by atoms with van der Waals surface area (Å²) in [4.78, 5) is 10.7. The molecule has 0 spiro atoms. The fourth-order valence-corrected chi connectivity index (χ4v) is 2.08. The first kappa shape index (κ1) is 15.6. The molecule has 3 rings (SSSR count). The van der Waals surface area contributed by atoms with E-state index in [-0.39, 0.29) is 24.0 Å². The van der Waals surface area contributed by atoms with Gasteiger partial charge in [0.2, 0.25) is 5.88 Å². The summed E-state index contributed by atoms with van der Waals surface area (Å²) in [6.45, 7) is 1.79. The van der Waals surface area contributed by atoms with Crippen molar-refractivity contribution in [3.05, 3.63) is 59.2 Å². The van der Waals surface area contributed by atoms with Crippen molar-refractivity contribution in [1.82, 2.24) is 15.4 Å². The molecule has 2 heterocycles. The van der Waals surface area contributed by atoms with Crippen LogP contribution in [0.3, 0.4) is 0 Å². The first-order chi connectivity index (χ1) is 11.5. The second kappa shape index (κ2) is 6.45. The number of carboxylic acids is 1.